The van der Waals surface area contributed by atoms with Crippen LogP contribution in [0.2, 0.25) is 0 Å². The summed E-state index contributed by atoms with van der Waals surface area (Å²) in [7, 11) is 1.95. The number of likely N-dealkylation sites (N-methyl/N-ethyl adjacent to an activating group) is 1. The third-order valence-electron chi connectivity index (χ3n) is 3.85. The molecule has 1 N–H and O–H groups in total. The van der Waals surface area contributed by atoms with Gasteiger partial charge in [-0.05, 0) is 38.9 Å². The molecule has 2 aromatic rings. The number of benzene rings is 1. The van der Waals surface area contributed by atoms with Crippen LogP contribution >= 0.6 is 0 Å². The van der Waals surface area contributed by atoms with Gasteiger partial charge in [0, 0.05) is 11.4 Å². The van der Waals surface area contributed by atoms with Crippen molar-refractivity contribution in [3.8, 4) is 0 Å². The molecule has 1 aromatic heterocycles. The lowest BCUT2D eigenvalue weighted by Gasteiger charge is -2.22. The summed E-state index contributed by atoms with van der Waals surface area (Å²) in [5, 5.41) is 4.11. The monoisotopic (exact) mass is 272 g/mol. The second-order valence-corrected chi connectivity index (χ2v) is 5.62. The summed E-state index contributed by atoms with van der Waals surface area (Å²) in [6, 6.07) is 10.5. The lowest BCUT2D eigenvalue weighted by molar-refractivity contribution is -0.122. The van der Waals surface area contributed by atoms with Crippen molar-refractivity contribution in [3.05, 3.63) is 36.1 Å². The zero-order valence-corrected chi connectivity index (χ0v) is 11.9. The number of para-hydroxylation sites is 1. The summed E-state index contributed by atoms with van der Waals surface area (Å²) in [6.45, 7) is 2.46. The Balaban J connectivity index is 1.66. The van der Waals surface area contributed by atoms with Gasteiger partial charge < -0.3 is 9.73 Å². The highest BCUT2D eigenvalue weighted by Crippen LogP contribution is 2.26. The largest absolute Gasteiger partial charge is 0.459 e. The third kappa shape index (κ3) is 2.85. The second-order valence-electron chi connectivity index (χ2n) is 5.62. The highest BCUT2D eigenvalue weighted by atomic mass is 16.3. The van der Waals surface area contributed by atoms with Crippen molar-refractivity contribution in [2.75, 3.05) is 13.6 Å². The van der Waals surface area contributed by atoms with Crippen molar-refractivity contribution < 1.29 is 9.21 Å². The van der Waals surface area contributed by atoms with Gasteiger partial charge in [-0.15, -0.1) is 0 Å². The first-order valence-corrected chi connectivity index (χ1v) is 7.11. The first-order chi connectivity index (χ1) is 9.63. The number of nitrogens with zero attached hydrogens (tertiary/aromatic N) is 1. The molecule has 20 heavy (non-hydrogen) atoms. The van der Waals surface area contributed by atoms with Crippen LogP contribution in [0.4, 0.5) is 0 Å². The van der Waals surface area contributed by atoms with E-state index >= 15 is 0 Å². The molecule has 1 atom stereocenters. The lowest BCUT2D eigenvalue weighted by Crippen LogP contribution is -2.37. The van der Waals surface area contributed by atoms with Gasteiger partial charge in [0.1, 0.15) is 11.3 Å². The molecule has 1 fully saturated rings. The Hall–Kier alpha value is -1.81. The molecule has 0 radical (unpaired) electrons. The molecule has 4 nitrogen and oxygen atoms in total. The van der Waals surface area contributed by atoms with Gasteiger partial charge in [-0.25, -0.2) is 0 Å². The fourth-order valence-corrected chi connectivity index (χ4v) is 2.29. The van der Waals surface area contributed by atoms with Gasteiger partial charge in [0.15, 0.2) is 0 Å². The van der Waals surface area contributed by atoms with Crippen molar-refractivity contribution in [1.82, 2.24) is 10.2 Å². The Kier molecular flexibility index (Phi) is 3.49. The number of furan rings is 1. The molecule has 0 saturated heterocycles. The average Bonchev–Trinajstić information content (AvgIpc) is 3.12. The molecule has 0 bridgehead atoms. The van der Waals surface area contributed by atoms with E-state index in [1.807, 2.05) is 36.2 Å². The summed E-state index contributed by atoms with van der Waals surface area (Å²) in [6.07, 6.45) is 2.24. The van der Waals surface area contributed by atoms with Crippen molar-refractivity contribution in [3.63, 3.8) is 0 Å². The van der Waals surface area contributed by atoms with Crippen LogP contribution in [-0.2, 0) is 4.79 Å². The van der Waals surface area contributed by atoms with E-state index in [1.165, 1.54) is 0 Å². The number of amides is 1. The Morgan fingerprint density at radius 3 is 2.90 bits per heavy atom. The van der Waals surface area contributed by atoms with Gasteiger partial charge in [-0.1, -0.05) is 18.2 Å². The van der Waals surface area contributed by atoms with Gasteiger partial charge >= 0.3 is 0 Å². The molecule has 1 heterocycles. The highest BCUT2D eigenvalue weighted by molar-refractivity contribution is 5.79. The quantitative estimate of drug-likeness (QED) is 0.910. The van der Waals surface area contributed by atoms with Gasteiger partial charge in [-0.3, -0.25) is 9.69 Å². The summed E-state index contributed by atoms with van der Waals surface area (Å²) in [5.74, 6) is 0.992. The van der Waals surface area contributed by atoms with E-state index in [-0.39, 0.29) is 11.9 Å². The minimum atomic E-state index is 0.0763. The van der Waals surface area contributed by atoms with Crippen LogP contribution in [-0.4, -0.2) is 30.4 Å². The smallest absolute Gasteiger partial charge is 0.234 e. The summed E-state index contributed by atoms with van der Waals surface area (Å²) >= 11 is 0. The topological polar surface area (TPSA) is 45.5 Å². The summed E-state index contributed by atoms with van der Waals surface area (Å²) < 4.78 is 5.85. The maximum absolute atomic E-state index is 11.8. The highest BCUT2D eigenvalue weighted by Gasteiger charge is 2.25. The number of nitrogens with one attached hydrogen (secondary N) is 1. The molecule has 1 amide bonds. The van der Waals surface area contributed by atoms with Gasteiger partial charge in [0.05, 0.1) is 12.6 Å². The summed E-state index contributed by atoms with van der Waals surface area (Å²) in [5.41, 5.74) is 0.894. The van der Waals surface area contributed by atoms with E-state index in [0.717, 1.165) is 29.6 Å². The Labute approximate surface area is 118 Å². The van der Waals surface area contributed by atoms with Crippen LogP contribution in [0.25, 0.3) is 11.0 Å². The third-order valence-corrected chi connectivity index (χ3v) is 3.85. The zero-order valence-electron chi connectivity index (χ0n) is 11.9. The van der Waals surface area contributed by atoms with E-state index in [4.69, 9.17) is 4.42 Å². The molecule has 1 aromatic carbocycles. The second kappa shape index (κ2) is 5.29. The first-order valence-electron chi connectivity index (χ1n) is 7.11. The molecule has 0 spiro atoms. The standard InChI is InChI=1S/C16H20N2O2/c1-11(18(2)10-16(19)17-13-7-8-13)15-9-12-5-3-4-6-14(12)20-15/h3-6,9,11,13H,7-8,10H2,1-2H3,(H,17,19)/t11-/m1/s1. The number of rotatable bonds is 5. The molecule has 0 aliphatic heterocycles. The molecule has 1 saturated carbocycles. The number of fused-ring (bicyclic) bond motifs is 1. The predicted octanol–water partition coefficient (Wildman–Crippen LogP) is 2.70. The Morgan fingerprint density at radius 2 is 2.20 bits per heavy atom. The molecular weight excluding hydrogens is 252 g/mol. The van der Waals surface area contributed by atoms with Crippen molar-refractivity contribution in [2.45, 2.75) is 31.8 Å². The molecular formula is C16H20N2O2. The fourth-order valence-electron chi connectivity index (χ4n) is 2.29. The van der Waals surface area contributed by atoms with Gasteiger partial charge in [0.2, 0.25) is 5.91 Å². The van der Waals surface area contributed by atoms with Crippen molar-refractivity contribution in [1.29, 1.82) is 0 Å². The van der Waals surface area contributed by atoms with Crippen LogP contribution in [0, 0.1) is 0 Å². The molecule has 3 rings (SSSR count). The van der Waals surface area contributed by atoms with E-state index < -0.39 is 0 Å². The predicted molar refractivity (Wildman–Crippen MR) is 78.4 cm³/mol. The van der Waals surface area contributed by atoms with Crippen LogP contribution in [0.15, 0.2) is 34.7 Å². The zero-order chi connectivity index (χ0) is 14.1. The van der Waals surface area contributed by atoms with Gasteiger partial charge in [0.25, 0.3) is 0 Å². The minimum Gasteiger partial charge on any atom is -0.459 e. The normalized spacial score (nSPS) is 16.6. The number of hydrogen-bond acceptors (Lipinski definition) is 3. The molecule has 106 valence electrons. The molecule has 1 aliphatic rings. The SMILES string of the molecule is C[C@H](c1cc2ccccc2o1)N(C)CC(=O)NC1CC1. The van der Waals surface area contributed by atoms with Gasteiger partial charge in [-0.2, -0.15) is 0 Å². The van der Waals surface area contributed by atoms with E-state index in [0.29, 0.717) is 12.6 Å². The molecule has 1 aliphatic carbocycles. The fraction of sp³-hybridized carbons (Fsp3) is 0.438. The maximum atomic E-state index is 11.8. The molecule has 0 unspecified atom stereocenters. The van der Waals surface area contributed by atoms with Crippen LogP contribution in [0.5, 0.6) is 0 Å². The molecule has 4 heteroatoms. The van der Waals surface area contributed by atoms with E-state index in [2.05, 4.69) is 18.3 Å². The number of carbonyl (C=O) groups is 1. The lowest BCUT2D eigenvalue weighted by atomic mass is 10.2. The van der Waals surface area contributed by atoms with E-state index in [9.17, 15) is 4.79 Å². The van der Waals surface area contributed by atoms with Crippen LogP contribution < -0.4 is 5.32 Å². The average molecular weight is 272 g/mol. The van der Waals surface area contributed by atoms with Crippen LogP contribution in [0.1, 0.15) is 31.6 Å². The minimum absolute atomic E-state index is 0.0763. The maximum Gasteiger partial charge on any atom is 0.234 e. The number of carbonyl (C=O) groups excluding carboxylic acids is 1. The Bertz CT molecular complexity index is 583. The summed E-state index contributed by atoms with van der Waals surface area (Å²) in [4.78, 5) is 13.8. The van der Waals surface area contributed by atoms with Crippen LogP contribution in [0.3, 0.4) is 0 Å². The van der Waals surface area contributed by atoms with Crippen molar-refractivity contribution >= 4 is 16.9 Å². The van der Waals surface area contributed by atoms with Crippen molar-refractivity contribution in [2.24, 2.45) is 0 Å². The van der Waals surface area contributed by atoms with E-state index in [1.54, 1.807) is 0 Å². The number of hydrogen-bond donors (Lipinski definition) is 1. The first kappa shape index (κ1) is 13.2. The Morgan fingerprint density at radius 1 is 1.45 bits per heavy atom.